The lowest BCUT2D eigenvalue weighted by molar-refractivity contribution is -0.123. The van der Waals surface area contributed by atoms with Crippen LogP contribution in [0.4, 0.5) is 10.1 Å². The summed E-state index contributed by atoms with van der Waals surface area (Å²) in [4.78, 5) is 11.9. The number of amides is 1. The Morgan fingerprint density at radius 3 is 2.39 bits per heavy atom. The van der Waals surface area contributed by atoms with Crippen molar-refractivity contribution in [1.29, 1.82) is 0 Å². The van der Waals surface area contributed by atoms with Crippen LogP contribution in [0.2, 0.25) is 5.02 Å². The Balaban J connectivity index is 1.53. The summed E-state index contributed by atoms with van der Waals surface area (Å²) < 4.78 is 45.7. The van der Waals surface area contributed by atoms with E-state index in [1.165, 1.54) is 30.3 Å². The highest BCUT2D eigenvalue weighted by molar-refractivity contribution is 7.92. The van der Waals surface area contributed by atoms with Gasteiger partial charge >= 0.3 is 0 Å². The summed E-state index contributed by atoms with van der Waals surface area (Å²) in [5, 5.41) is 2.79. The molecule has 6 nitrogen and oxygen atoms in total. The van der Waals surface area contributed by atoms with Crippen LogP contribution in [0.5, 0.6) is 5.75 Å². The number of carbonyl (C=O) groups excluding carboxylic acids is 1. The van der Waals surface area contributed by atoms with Crippen LogP contribution in [-0.4, -0.2) is 27.5 Å². The lowest BCUT2D eigenvalue weighted by Gasteiger charge is -2.11. The molecule has 0 heterocycles. The van der Waals surface area contributed by atoms with Crippen LogP contribution in [0.25, 0.3) is 0 Å². The first kappa shape index (κ1) is 22.6. The minimum absolute atomic E-state index is 0.0408. The molecule has 0 saturated carbocycles. The number of carbonyl (C=O) groups is 1. The van der Waals surface area contributed by atoms with Crippen LogP contribution in [0.3, 0.4) is 0 Å². The van der Waals surface area contributed by atoms with Crippen LogP contribution < -0.4 is 14.8 Å². The van der Waals surface area contributed by atoms with E-state index in [0.29, 0.717) is 13.0 Å². The molecule has 3 rings (SSSR count). The van der Waals surface area contributed by atoms with Gasteiger partial charge in [0.25, 0.3) is 15.9 Å². The number of hydrogen-bond acceptors (Lipinski definition) is 4. The molecule has 0 aliphatic rings. The fourth-order valence-corrected chi connectivity index (χ4v) is 4.07. The van der Waals surface area contributed by atoms with Crippen LogP contribution in [0.15, 0.2) is 77.7 Å². The van der Waals surface area contributed by atoms with E-state index in [9.17, 15) is 17.6 Å². The maximum Gasteiger partial charge on any atom is 0.261 e. The van der Waals surface area contributed by atoms with Crippen LogP contribution in [0.1, 0.15) is 5.56 Å². The SMILES string of the molecule is O=C(COc1ccc(S(=O)(=O)Nc2ccc(F)cc2)cc1Cl)NCCc1ccccc1. The zero-order valence-corrected chi connectivity index (χ0v) is 17.9. The van der Waals surface area contributed by atoms with Crippen molar-refractivity contribution in [1.82, 2.24) is 5.32 Å². The van der Waals surface area contributed by atoms with Gasteiger partial charge < -0.3 is 10.1 Å². The predicted molar refractivity (Wildman–Crippen MR) is 117 cm³/mol. The summed E-state index contributed by atoms with van der Waals surface area (Å²) in [7, 11) is -3.93. The fourth-order valence-electron chi connectivity index (χ4n) is 2.68. The monoisotopic (exact) mass is 462 g/mol. The highest BCUT2D eigenvalue weighted by atomic mass is 35.5. The molecule has 9 heteroatoms. The van der Waals surface area contributed by atoms with Crippen molar-refractivity contribution in [2.75, 3.05) is 17.9 Å². The quantitative estimate of drug-likeness (QED) is 0.503. The number of sulfonamides is 1. The summed E-state index contributed by atoms with van der Waals surface area (Å²) in [6, 6.07) is 18.5. The third-order valence-electron chi connectivity index (χ3n) is 4.25. The van der Waals surface area contributed by atoms with E-state index in [2.05, 4.69) is 10.0 Å². The maximum atomic E-state index is 13.0. The van der Waals surface area contributed by atoms with E-state index < -0.39 is 15.8 Å². The lowest BCUT2D eigenvalue weighted by atomic mass is 10.1. The molecule has 1 amide bonds. The number of anilines is 1. The molecule has 2 N–H and O–H groups in total. The van der Waals surface area contributed by atoms with Gasteiger partial charge in [0.2, 0.25) is 0 Å². The van der Waals surface area contributed by atoms with Gasteiger partial charge in [-0.15, -0.1) is 0 Å². The second-order valence-corrected chi connectivity index (χ2v) is 8.67. The van der Waals surface area contributed by atoms with Gasteiger partial charge in [-0.2, -0.15) is 0 Å². The third-order valence-corrected chi connectivity index (χ3v) is 5.92. The zero-order chi connectivity index (χ0) is 22.3. The van der Waals surface area contributed by atoms with Gasteiger partial charge in [0, 0.05) is 12.2 Å². The molecule has 0 aliphatic heterocycles. The van der Waals surface area contributed by atoms with Crippen molar-refractivity contribution in [3.63, 3.8) is 0 Å². The van der Waals surface area contributed by atoms with Gasteiger partial charge in [0.05, 0.1) is 9.92 Å². The Bertz CT molecular complexity index is 1140. The molecule has 0 spiro atoms. The first-order chi connectivity index (χ1) is 14.8. The van der Waals surface area contributed by atoms with Crippen molar-refractivity contribution in [2.45, 2.75) is 11.3 Å². The van der Waals surface area contributed by atoms with Gasteiger partial charge in [-0.25, -0.2) is 12.8 Å². The van der Waals surface area contributed by atoms with Gasteiger partial charge in [-0.05, 0) is 54.4 Å². The molecule has 31 heavy (non-hydrogen) atoms. The minimum atomic E-state index is -3.93. The average Bonchev–Trinajstić information content (AvgIpc) is 2.75. The molecule has 0 fully saturated rings. The first-order valence-corrected chi connectivity index (χ1v) is 11.2. The molecule has 0 aliphatic carbocycles. The van der Waals surface area contributed by atoms with E-state index in [1.54, 1.807) is 0 Å². The molecular weight excluding hydrogens is 443 g/mol. The summed E-state index contributed by atoms with van der Waals surface area (Å²) in [5.74, 6) is -0.612. The first-order valence-electron chi connectivity index (χ1n) is 9.35. The molecule has 0 radical (unpaired) electrons. The van der Waals surface area contributed by atoms with E-state index in [4.69, 9.17) is 16.3 Å². The second-order valence-electron chi connectivity index (χ2n) is 6.58. The highest BCUT2D eigenvalue weighted by Crippen LogP contribution is 2.28. The largest absolute Gasteiger partial charge is 0.482 e. The highest BCUT2D eigenvalue weighted by Gasteiger charge is 2.17. The molecule has 0 atom stereocenters. The lowest BCUT2D eigenvalue weighted by Crippen LogP contribution is -2.30. The maximum absolute atomic E-state index is 13.0. The molecule has 0 aromatic heterocycles. The molecule has 3 aromatic carbocycles. The number of hydrogen-bond donors (Lipinski definition) is 2. The van der Waals surface area contributed by atoms with Gasteiger partial charge in [-0.3, -0.25) is 9.52 Å². The Morgan fingerprint density at radius 1 is 1.00 bits per heavy atom. The Kier molecular flexibility index (Phi) is 7.49. The van der Waals surface area contributed by atoms with E-state index in [-0.39, 0.29) is 33.9 Å². The number of halogens is 2. The topological polar surface area (TPSA) is 84.5 Å². The summed E-state index contributed by atoms with van der Waals surface area (Å²) >= 11 is 6.13. The Labute approximate surface area is 185 Å². The van der Waals surface area contributed by atoms with Gasteiger partial charge in [0.1, 0.15) is 11.6 Å². The van der Waals surface area contributed by atoms with Crippen molar-refractivity contribution >= 4 is 33.2 Å². The standard InChI is InChI=1S/C22H20ClFN2O4S/c23-20-14-19(31(28,29)26-18-8-6-17(24)7-9-18)10-11-21(20)30-15-22(27)25-13-12-16-4-2-1-3-5-16/h1-11,14,26H,12-13,15H2,(H,25,27). The number of benzene rings is 3. The van der Waals surface area contributed by atoms with Crippen molar-refractivity contribution in [3.05, 3.63) is 89.2 Å². The number of rotatable bonds is 9. The van der Waals surface area contributed by atoms with Gasteiger partial charge in [0.15, 0.2) is 6.61 Å². The second kappa shape index (κ2) is 10.3. The number of nitrogens with one attached hydrogen (secondary N) is 2. The van der Waals surface area contributed by atoms with Crippen molar-refractivity contribution in [2.24, 2.45) is 0 Å². The smallest absolute Gasteiger partial charge is 0.261 e. The van der Waals surface area contributed by atoms with E-state index >= 15 is 0 Å². The zero-order valence-electron chi connectivity index (χ0n) is 16.3. The van der Waals surface area contributed by atoms with E-state index in [1.807, 2.05) is 30.3 Å². The summed E-state index contributed by atoms with van der Waals surface area (Å²) in [6.45, 7) is 0.209. The summed E-state index contributed by atoms with van der Waals surface area (Å²) in [5.41, 5.74) is 1.32. The van der Waals surface area contributed by atoms with Crippen LogP contribution >= 0.6 is 11.6 Å². The fraction of sp³-hybridized carbons (Fsp3) is 0.136. The normalized spacial score (nSPS) is 11.0. The predicted octanol–water partition coefficient (Wildman–Crippen LogP) is 4.02. The van der Waals surface area contributed by atoms with Crippen LogP contribution in [0, 0.1) is 5.82 Å². The van der Waals surface area contributed by atoms with Crippen LogP contribution in [-0.2, 0) is 21.2 Å². The van der Waals surface area contributed by atoms with Crippen molar-refractivity contribution in [3.8, 4) is 5.75 Å². The minimum Gasteiger partial charge on any atom is -0.482 e. The molecule has 0 saturated heterocycles. The molecular formula is C22H20ClFN2O4S. The molecule has 3 aromatic rings. The third kappa shape index (κ3) is 6.70. The van der Waals surface area contributed by atoms with E-state index in [0.717, 1.165) is 17.7 Å². The number of ether oxygens (including phenoxy) is 1. The molecule has 162 valence electrons. The van der Waals surface area contributed by atoms with Gasteiger partial charge in [-0.1, -0.05) is 41.9 Å². The van der Waals surface area contributed by atoms with Crippen molar-refractivity contribution < 1.29 is 22.3 Å². The summed E-state index contributed by atoms with van der Waals surface area (Å²) in [6.07, 6.45) is 0.695. The molecule has 0 unspecified atom stereocenters. The molecule has 0 bridgehead atoms. The Morgan fingerprint density at radius 2 is 1.71 bits per heavy atom. The average molecular weight is 463 g/mol. The Hall–Kier alpha value is -3.10.